The van der Waals surface area contributed by atoms with Crippen LogP contribution in [0.3, 0.4) is 0 Å². The zero-order valence-corrected chi connectivity index (χ0v) is 10.5. The van der Waals surface area contributed by atoms with Crippen LogP contribution in [0.4, 0.5) is 0 Å². The van der Waals surface area contributed by atoms with Crippen LogP contribution >= 0.6 is 12.4 Å². The molecule has 0 spiro atoms. The van der Waals surface area contributed by atoms with Gasteiger partial charge in [-0.1, -0.05) is 0 Å². The SMILES string of the molecule is CC(C)N(CC(N)=O)C(=O)C1CCNC1.Cl. The Morgan fingerprint density at radius 1 is 1.50 bits per heavy atom. The molecule has 1 fully saturated rings. The van der Waals surface area contributed by atoms with Crippen molar-refractivity contribution in [3.05, 3.63) is 0 Å². The van der Waals surface area contributed by atoms with Crippen LogP contribution in [0, 0.1) is 5.92 Å². The Morgan fingerprint density at radius 3 is 2.50 bits per heavy atom. The van der Waals surface area contributed by atoms with Gasteiger partial charge in [-0.2, -0.15) is 0 Å². The lowest BCUT2D eigenvalue weighted by molar-refractivity contribution is -0.140. The molecule has 1 aliphatic heterocycles. The highest BCUT2D eigenvalue weighted by Crippen LogP contribution is 2.13. The Kier molecular flexibility index (Phi) is 6.36. The second kappa shape index (κ2) is 6.70. The first-order chi connectivity index (χ1) is 7.02. The third-order valence-corrected chi connectivity index (χ3v) is 2.64. The van der Waals surface area contributed by atoms with Gasteiger partial charge < -0.3 is 16.0 Å². The van der Waals surface area contributed by atoms with Gasteiger partial charge in [-0.15, -0.1) is 12.4 Å². The van der Waals surface area contributed by atoms with Crippen LogP contribution in [0.2, 0.25) is 0 Å². The first-order valence-electron chi connectivity index (χ1n) is 5.32. The highest BCUT2D eigenvalue weighted by atomic mass is 35.5. The number of carbonyl (C=O) groups excluding carboxylic acids is 2. The average Bonchev–Trinajstić information content (AvgIpc) is 2.65. The van der Waals surface area contributed by atoms with Gasteiger partial charge in [-0.05, 0) is 26.8 Å². The number of nitrogens with zero attached hydrogens (tertiary/aromatic N) is 1. The molecule has 0 bridgehead atoms. The molecule has 0 aromatic rings. The van der Waals surface area contributed by atoms with Crippen molar-refractivity contribution in [2.24, 2.45) is 11.7 Å². The normalized spacial score (nSPS) is 19.3. The number of primary amides is 1. The molecule has 0 aromatic heterocycles. The minimum Gasteiger partial charge on any atom is -0.368 e. The summed E-state index contributed by atoms with van der Waals surface area (Å²) < 4.78 is 0. The third kappa shape index (κ3) is 3.98. The lowest BCUT2D eigenvalue weighted by Crippen LogP contribution is -2.46. The van der Waals surface area contributed by atoms with Gasteiger partial charge in [0.1, 0.15) is 0 Å². The van der Waals surface area contributed by atoms with E-state index in [1.807, 2.05) is 13.8 Å². The molecular weight excluding hydrogens is 230 g/mol. The Morgan fingerprint density at radius 2 is 2.12 bits per heavy atom. The van der Waals surface area contributed by atoms with E-state index in [9.17, 15) is 9.59 Å². The summed E-state index contributed by atoms with van der Waals surface area (Å²) in [4.78, 5) is 24.4. The Balaban J connectivity index is 0.00000225. The van der Waals surface area contributed by atoms with E-state index in [1.54, 1.807) is 4.90 Å². The Bertz CT molecular complexity index is 252. The zero-order chi connectivity index (χ0) is 11.4. The van der Waals surface area contributed by atoms with Crippen LogP contribution in [0.15, 0.2) is 0 Å². The number of hydrogen-bond donors (Lipinski definition) is 2. The fraction of sp³-hybridized carbons (Fsp3) is 0.800. The average molecular weight is 250 g/mol. The van der Waals surface area contributed by atoms with Crippen LogP contribution < -0.4 is 11.1 Å². The molecular formula is C10H20ClN3O2. The van der Waals surface area contributed by atoms with Crippen molar-refractivity contribution in [1.82, 2.24) is 10.2 Å². The predicted octanol–water partition coefficient (Wildman–Crippen LogP) is -0.260. The highest BCUT2D eigenvalue weighted by molar-refractivity contribution is 5.86. The number of nitrogens with one attached hydrogen (secondary N) is 1. The van der Waals surface area contributed by atoms with Crippen LogP contribution in [-0.2, 0) is 9.59 Å². The molecule has 5 nitrogen and oxygen atoms in total. The summed E-state index contributed by atoms with van der Waals surface area (Å²) in [5.41, 5.74) is 5.12. The van der Waals surface area contributed by atoms with Gasteiger partial charge in [0.25, 0.3) is 0 Å². The molecule has 94 valence electrons. The molecule has 1 saturated heterocycles. The number of halogens is 1. The van der Waals surface area contributed by atoms with Crippen LogP contribution in [0.1, 0.15) is 20.3 Å². The van der Waals surface area contributed by atoms with Crippen LogP contribution in [0.25, 0.3) is 0 Å². The van der Waals surface area contributed by atoms with Crippen molar-refractivity contribution in [2.75, 3.05) is 19.6 Å². The maximum absolute atomic E-state index is 12.0. The summed E-state index contributed by atoms with van der Waals surface area (Å²) in [6.45, 7) is 5.39. The van der Waals surface area contributed by atoms with Crippen molar-refractivity contribution in [2.45, 2.75) is 26.3 Å². The summed E-state index contributed by atoms with van der Waals surface area (Å²) in [6, 6.07) is 0.0191. The highest BCUT2D eigenvalue weighted by Gasteiger charge is 2.29. The van der Waals surface area contributed by atoms with Crippen molar-refractivity contribution >= 4 is 24.2 Å². The van der Waals surface area contributed by atoms with Gasteiger partial charge in [0.15, 0.2) is 0 Å². The molecule has 0 aromatic carbocycles. The summed E-state index contributed by atoms with van der Waals surface area (Å²) in [6.07, 6.45) is 0.848. The minimum absolute atomic E-state index is 0. The van der Waals surface area contributed by atoms with E-state index >= 15 is 0 Å². The fourth-order valence-electron chi connectivity index (χ4n) is 1.78. The zero-order valence-electron chi connectivity index (χ0n) is 9.73. The molecule has 6 heteroatoms. The van der Waals surface area contributed by atoms with Crippen LogP contribution in [0.5, 0.6) is 0 Å². The summed E-state index contributed by atoms with van der Waals surface area (Å²) in [5, 5.41) is 3.14. The summed E-state index contributed by atoms with van der Waals surface area (Å²) >= 11 is 0. The number of nitrogens with two attached hydrogens (primary N) is 1. The Labute approximate surface area is 102 Å². The fourth-order valence-corrected chi connectivity index (χ4v) is 1.78. The Hall–Kier alpha value is -0.810. The quantitative estimate of drug-likeness (QED) is 0.721. The molecule has 0 saturated carbocycles. The second-order valence-electron chi connectivity index (χ2n) is 4.22. The van der Waals surface area contributed by atoms with Gasteiger partial charge in [0.2, 0.25) is 11.8 Å². The van der Waals surface area contributed by atoms with E-state index in [1.165, 1.54) is 0 Å². The first kappa shape index (κ1) is 15.2. The van der Waals surface area contributed by atoms with Crippen molar-refractivity contribution in [3.8, 4) is 0 Å². The number of rotatable bonds is 4. The van der Waals surface area contributed by atoms with E-state index in [2.05, 4.69) is 5.32 Å². The van der Waals surface area contributed by atoms with Gasteiger partial charge >= 0.3 is 0 Å². The lowest BCUT2D eigenvalue weighted by Gasteiger charge is -2.27. The van der Waals surface area contributed by atoms with Gasteiger partial charge in [0.05, 0.1) is 12.5 Å². The molecule has 3 N–H and O–H groups in total. The number of amides is 2. The van der Waals surface area contributed by atoms with Gasteiger partial charge in [-0.25, -0.2) is 0 Å². The molecule has 0 aliphatic carbocycles. The van der Waals surface area contributed by atoms with E-state index in [0.29, 0.717) is 6.54 Å². The first-order valence-corrected chi connectivity index (χ1v) is 5.32. The molecule has 1 heterocycles. The number of carbonyl (C=O) groups is 2. The molecule has 2 amide bonds. The lowest BCUT2D eigenvalue weighted by atomic mass is 10.1. The molecule has 1 rings (SSSR count). The van der Waals surface area contributed by atoms with Gasteiger partial charge in [0, 0.05) is 12.6 Å². The predicted molar refractivity (Wildman–Crippen MR) is 64.3 cm³/mol. The third-order valence-electron chi connectivity index (χ3n) is 2.64. The molecule has 1 unspecified atom stereocenters. The van der Waals surface area contributed by atoms with Crippen molar-refractivity contribution in [1.29, 1.82) is 0 Å². The minimum atomic E-state index is -0.456. The molecule has 16 heavy (non-hydrogen) atoms. The van der Waals surface area contributed by atoms with E-state index < -0.39 is 5.91 Å². The standard InChI is InChI=1S/C10H19N3O2.ClH/c1-7(2)13(6-9(11)14)10(15)8-3-4-12-5-8;/h7-8,12H,3-6H2,1-2H3,(H2,11,14);1H. The van der Waals surface area contributed by atoms with Crippen LogP contribution in [-0.4, -0.2) is 42.4 Å². The summed E-state index contributed by atoms with van der Waals surface area (Å²) in [7, 11) is 0. The maximum atomic E-state index is 12.0. The molecule has 1 aliphatic rings. The monoisotopic (exact) mass is 249 g/mol. The van der Waals surface area contributed by atoms with Crippen molar-refractivity contribution in [3.63, 3.8) is 0 Å². The van der Waals surface area contributed by atoms with E-state index in [4.69, 9.17) is 5.73 Å². The maximum Gasteiger partial charge on any atom is 0.237 e. The summed E-state index contributed by atoms with van der Waals surface area (Å²) in [5.74, 6) is -0.413. The van der Waals surface area contributed by atoms with Crippen molar-refractivity contribution < 1.29 is 9.59 Å². The van der Waals surface area contributed by atoms with E-state index in [-0.39, 0.29) is 36.8 Å². The number of hydrogen-bond acceptors (Lipinski definition) is 3. The second-order valence-corrected chi connectivity index (χ2v) is 4.22. The molecule has 1 atom stereocenters. The topological polar surface area (TPSA) is 75.4 Å². The largest absolute Gasteiger partial charge is 0.368 e. The van der Waals surface area contributed by atoms with Gasteiger partial charge in [-0.3, -0.25) is 9.59 Å². The smallest absolute Gasteiger partial charge is 0.237 e. The molecule has 0 radical (unpaired) electrons. The van der Waals surface area contributed by atoms with E-state index in [0.717, 1.165) is 13.0 Å².